The Morgan fingerprint density at radius 1 is 1.52 bits per heavy atom. The van der Waals surface area contributed by atoms with E-state index in [1.54, 1.807) is 0 Å². The third kappa shape index (κ3) is 3.44. The molecule has 2 unspecified atom stereocenters. The first-order chi connectivity index (χ1) is 10.2. The van der Waals surface area contributed by atoms with Gasteiger partial charge in [-0.3, -0.25) is 0 Å². The topological polar surface area (TPSA) is 53.1 Å². The van der Waals surface area contributed by atoms with Crippen molar-refractivity contribution in [2.24, 2.45) is 5.73 Å². The molecule has 3 rings (SSSR count). The van der Waals surface area contributed by atoms with Crippen molar-refractivity contribution in [1.29, 1.82) is 0 Å². The molecule has 0 aromatic carbocycles. The summed E-state index contributed by atoms with van der Waals surface area (Å²) in [5.41, 5.74) is 8.36. The van der Waals surface area contributed by atoms with E-state index in [1.165, 1.54) is 23.8 Å². The zero-order valence-corrected chi connectivity index (χ0v) is 12.8. The maximum atomic E-state index is 5.96. The van der Waals surface area contributed by atoms with Gasteiger partial charge in [0.1, 0.15) is 5.65 Å². The highest BCUT2D eigenvalue weighted by atomic mass is 16.5. The largest absolute Gasteiger partial charge is 0.378 e. The highest BCUT2D eigenvalue weighted by Crippen LogP contribution is 2.22. The summed E-state index contributed by atoms with van der Waals surface area (Å²) < 4.78 is 7.97. The van der Waals surface area contributed by atoms with Crippen molar-refractivity contribution < 1.29 is 4.74 Å². The van der Waals surface area contributed by atoms with Crippen LogP contribution in [-0.4, -0.2) is 28.3 Å². The minimum atomic E-state index is 0.177. The van der Waals surface area contributed by atoms with Gasteiger partial charge in [0.05, 0.1) is 6.10 Å². The summed E-state index contributed by atoms with van der Waals surface area (Å²) in [5, 5.41) is 1.24. The predicted octanol–water partition coefficient (Wildman–Crippen LogP) is 2.89. The Balaban J connectivity index is 1.71. The molecule has 4 nitrogen and oxygen atoms in total. The van der Waals surface area contributed by atoms with Crippen molar-refractivity contribution in [2.45, 2.75) is 57.7 Å². The van der Waals surface area contributed by atoms with E-state index in [1.807, 2.05) is 12.3 Å². The number of nitrogens with zero attached hydrogens (tertiary/aromatic N) is 2. The molecule has 2 aromatic rings. The number of aromatic nitrogens is 2. The molecule has 0 aliphatic carbocycles. The lowest BCUT2D eigenvalue weighted by atomic mass is 10.1. The second-order valence-electron chi connectivity index (χ2n) is 6.18. The van der Waals surface area contributed by atoms with Crippen molar-refractivity contribution in [2.75, 3.05) is 6.61 Å². The van der Waals surface area contributed by atoms with E-state index >= 15 is 0 Å². The fourth-order valence-corrected chi connectivity index (χ4v) is 3.24. The zero-order valence-electron chi connectivity index (χ0n) is 12.8. The SMILES string of the molecule is CC(N)Cc1cn(CCCC2CCCO2)c2ncccc12. The van der Waals surface area contributed by atoms with Gasteiger partial charge in [0.2, 0.25) is 0 Å². The Kier molecular flexibility index (Phi) is 4.56. The Bertz CT molecular complexity index is 585. The molecule has 0 bridgehead atoms. The number of pyridine rings is 1. The quantitative estimate of drug-likeness (QED) is 0.889. The molecule has 1 saturated heterocycles. The molecule has 1 aliphatic rings. The van der Waals surface area contributed by atoms with Crippen LogP contribution in [0.5, 0.6) is 0 Å². The van der Waals surface area contributed by atoms with Crippen LogP contribution < -0.4 is 5.73 Å². The third-order valence-corrected chi connectivity index (χ3v) is 4.21. The lowest BCUT2D eigenvalue weighted by Gasteiger charge is -2.09. The first-order valence-electron chi connectivity index (χ1n) is 8.04. The van der Waals surface area contributed by atoms with Gasteiger partial charge < -0.3 is 15.0 Å². The van der Waals surface area contributed by atoms with Gasteiger partial charge >= 0.3 is 0 Å². The summed E-state index contributed by atoms with van der Waals surface area (Å²) in [7, 11) is 0. The minimum Gasteiger partial charge on any atom is -0.378 e. The third-order valence-electron chi connectivity index (χ3n) is 4.21. The molecule has 0 amide bonds. The molecule has 2 atom stereocenters. The van der Waals surface area contributed by atoms with Crippen molar-refractivity contribution in [3.63, 3.8) is 0 Å². The molecule has 114 valence electrons. The van der Waals surface area contributed by atoms with Gasteiger partial charge in [0.25, 0.3) is 0 Å². The summed E-state index contributed by atoms with van der Waals surface area (Å²) >= 11 is 0. The van der Waals surface area contributed by atoms with Gasteiger partial charge in [0, 0.05) is 37.0 Å². The number of ether oxygens (including phenoxy) is 1. The van der Waals surface area contributed by atoms with Crippen LogP contribution in [0.25, 0.3) is 11.0 Å². The molecule has 2 aromatic heterocycles. The van der Waals surface area contributed by atoms with Gasteiger partial charge in [-0.2, -0.15) is 0 Å². The highest BCUT2D eigenvalue weighted by Gasteiger charge is 2.15. The lowest BCUT2D eigenvalue weighted by molar-refractivity contribution is 0.101. The summed E-state index contributed by atoms with van der Waals surface area (Å²) in [6.07, 6.45) is 10.2. The fourth-order valence-electron chi connectivity index (χ4n) is 3.24. The molecule has 1 fully saturated rings. The second kappa shape index (κ2) is 6.58. The molecule has 0 saturated carbocycles. The van der Waals surface area contributed by atoms with Crippen LogP contribution in [0.1, 0.15) is 38.2 Å². The van der Waals surface area contributed by atoms with Gasteiger partial charge in [-0.25, -0.2) is 4.98 Å². The van der Waals surface area contributed by atoms with E-state index in [9.17, 15) is 0 Å². The van der Waals surface area contributed by atoms with E-state index in [-0.39, 0.29) is 6.04 Å². The molecule has 21 heavy (non-hydrogen) atoms. The molecular weight excluding hydrogens is 262 g/mol. The van der Waals surface area contributed by atoms with Gasteiger partial charge in [0.15, 0.2) is 0 Å². The molecular formula is C17H25N3O. The Morgan fingerprint density at radius 2 is 2.43 bits per heavy atom. The van der Waals surface area contributed by atoms with Gasteiger partial charge in [-0.05, 0) is 56.7 Å². The average Bonchev–Trinajstić information content (AvgIpc) is 3.08. The number of nitrogens with two attached hydrogens (primary N) is 1. The highest BCUT2D eigenvalue weighted by molar-refractivity contribution is 5.80. The summed E-state index contributed by atoms with van der Waals surface area (Å²) in [4.78, 5) is 4.55. The van der Waals surface area contributed by atoms with Crippen LogP contribution in [-0.2, 0) is 17.7 Å². The number of hydrogen-bond donors (Lipinski definition) is 1. The second-order valence-corrected chi connectivity index (χ2v) is 6.18. The van der Waals surface area contributed by atoms with Crippen molar-refractivity contribution >= 4 is 11.0 Å². The Labute approximate surface area is 126 Å². The van der Waals surface area contributed by atoms with Crippen LogP contribution >= 0.6 is 0 Å². The van der Waals surface area contributed by atoms with E-state index < -0.39 is 0 Å². The van der Waals surface area contributed by atoms with Crippen molar-refractivity contribution in [1.82, 2.24) is 9.55 Å². The maximum absolute atomic E-state index is 5.96. The van der Waals surface area contributed by atoms with Crippen LogP contribution in [0.15, 0.2) is 24.5 Å². The van der Waals surface area contributed by atoms with Crippen LogP contribution in [0, 0.1) is 0 Å². The summed E-state index contributed by atoms with van der Waals surface area (Å²) in [6, 6.07) is 4.33. The van der Waals surface area contributed by atoms with E-state index in [0.29, 0.717) is 6.10 Å². The first-order valence-corrected chi connectivity index (χ1v) is 8.04. The van der Waals surface area contributed by atoms with Crippen molar-refractivity contribution in [3.8, 4) is 0 Å². The predicted molar refractivity (Wildman–Crippen MR) is 85.3 cm³/mol. The van der Waals surface area contributed by atoms with E-state index in [4.69, 9.17) is 10.5 Å². The monoisotopic (exact) mass is 287 g/mol. The number of rotatable bonds is 6. The first kappa shape index (κ1) is 14.5. The van der Waals surface area contributed by atoms with E-state index in [0.717, 1.165) is 38.1 Å². The molecule has 4 heteroatoms. The molecule has 0 radical (unpaired) electrons. The zero-order chi connectivity index (χ0) is 14.7. The molecule has 2 N–H and O–H groups in total. The fraction of sp³-hybridized carbons (Fsp3) is 0.588. The van der Waals surface area contributed by atoms with E-state index in [2.05, 4.69) is 28.7 Å². The lowest BCUT2D eigenvalue weighted by Crippen LogP contribution is -2.17. The smallest absolute Gasteiger partial charge is 0.140 e. The minimum absolute atomic E-state index is 0.177. The van der Waals surface area contributed by atoms with Gasteiger partial charge in [-0.15, -0.1) is 0 Å². The number of fused-ring (bicyclic) bond motifs is 1. The summed E-state index contributed by atoms with van der Waals surface area (Å²) in [5.74, 6) is 0. The number of aryl methyl sites for hydroxylation is 1. The normalized spacial score (nSPS) is 20.2. The van der Waals surface area contributed by atoms with Crippen LogP contribution in [0.3, 0.4) is 0 Å². The molecule has 0 spiro atoms. The molecule has 1 aliphatic heterocycles. The van der Waals surface area contributed by atoms with Crippen LogP contribution in [0.4, 0.5) is 0 Å². The Hall–Kier alpha value is -1.39. The van der Waals surface area contributed by atoms with Crippen LogP contribution in [0.2, 0.25) is 0 Å². The molecule has 3 heterocycles. The number of hydrogen-bond acceptors (Lipinski definition) is 3. The Morgan fingerprint density at radius 3 is 3.19 bits per heavy atom. The summed E-state index contributed by atoms with van der Waals surface area (Å²) in [6.45, 7) is 4.00. The average molecular weight is 287 g/mol. The van der Waals surface area contributed by atoms with Gasteiger partial charge in [-0.1, -0.05) is 0 Å². The standard InChI is InChI=1S/C17H25N3O/c1-13(18)11-14-12-20(17-16(14)7-2-8-19-17)9-3-5-15-6-4-10-21-15/h2,7-8,12-13,15H,3-6,9-11,18H2,1H3. The maximum Gasteiger partial charge on any atom is 0.140 e. The van der Waals surface area contributed by atoms with Crippen molar-refractivity contribution in [3.05, 3.63) is 30.1 Å².